The molecule has 0 saturated heterocycles. The molecule has 3 rings (SSSR count). The van der Waals surface area contributed by atoms with Crippen molar-refractivity contribution in [3.05, 3.63) is 38.1 Å². The average molecular weight is 344 g/mol. The second-order valence-corrected chi connectivity index (χ2v) is 7.01. The summed E-state index contributed by atoms with van der Waals surface area (Å²) in [5.41, 5.74) is 0. The van der Waals surface area contributed by atoms with Crippen LogP contribution in [0.1, 0.15) is 14.7 Å². The Morgan fingerprint density at radius 2 is 2.05 bits per heavy atom. The molecule has 2 heterocycles. The van der Waals surface area contributed by atoms with Gasteiger partial charge in [-0.15, -0.1) is 21.5 Å². The van der Waals surface area contributed by atoms with Gasteiger partial charge in [0.2, 0.25) is 5.13 Å². The van der Waals surface area contributed by atoms with Crippen molar-refractivity contribution in [2.75, 3.05) is 5.32 Å². The molecule has 1 aromatic carbocycles. The van der Waals surface area contributed by atoms with Crippen LogP contribution in [-0.4, -0.2) is 16.1 Å². The van der Waals surface area contributed by atoms with Gasteiger partial charge in [0.25, 0.3) is 5.91 Å². The van der Waals surface area contributed by atoms with Gasteiger partial charge in [0.15, 0.2) is 0 Å². The molecule has 8 heteroatoms. The highest BCUT2D eigenvalue weighted by Gasteiger charge is 2.18. The first-order valence-electron chi connectivity index (χ1n) is 5.53. The molecular formula is C12H7Cl2N3OS2. The van der Waals surface area contributed by atoms with Crippen molar-refractivity contribution in [1.29, 1.82) is 0 Å². The summed E-state index contributed by atoms with van der Waals surface area (Å²) in [7, 11) is 0. The minimum atomic E-state index is -0.288. The van der Waals surface area contributed by atoms with Crippen LogP contribution >= 0.6 is 45.9 Å². The summed E-state index contributed by atoms with van der Waals surface area (Å²) in [6, 6.07) is 5.35. The number of hydrogen-bond donors (Lipinski definition) is 1. The van der Waals surface area contributed by atoms with Gasteiger partial charge in [-0.05, 0) is 19.1 Å². The Morgan fingerprint density at radius 1 is 1.25 bits per heavy atom. The lowest BCUT2D eigenvalue weighted by Gasteiger charge is -1.98. The first-order chi connectivity index (χ1) is 9.54. The Bertz CT molecular complexity index is 812. The molecule has 3 aromatic rings. The fourth-order valence-electron chi connectivity index (χ4n) is 1.69. The fraction of sp³-hybridized carbons (Fsp3) is 0.0833. The predicted octanol–water partition coefficient (Wildman–Crippen LogP) is 4.62. The third-order valence-corrected chi connectivity index (χ3v) is 5.19. The molecule has 0 aliphatic heterocycles. The predicted molar refractivity (Wildman–Crippen MR) is 84.4 cm³/mol. The molecule has 4 nitrogen and oxygen atoms in total. The first-order valence-corrected chi connectivity index (χ1v) is 7.92. The lowest BCUT2D eigenvalue weighted by Crippen LogP contribution is -2.10. The normalized spacial score (nSPS) is 10.9. The van der Waals surface area contributed by atoms with E-state index in [0.717, 1.165) is 15.1 Å². The van der Waals surface area contributed by atoms with Crippen LogP contribution in [0.4, 0.5) is 5.13 Å². The van der Waals surface area contributed by atoms with Crippen LogP contribution < -0.4 is 5.32 Å². The van der Waals surface area contributed by atoms with Crippen molar-refractivity contribution >= 4 is 67.0 Å². The van der Waals surface area contributed by atoms with Crippen molar-refractivity contribution in [1.82, 2.24) is 10.2 Å². The number of benzene rings is 1. The molecular weight excluding hydrogens is 337 g/mol. The van der Waals surface area contributed by atoms with E-state index in [1.807, 2.05) is 13.0 Å². The molecule has 2 aromatic heterocycles. The zero-order valence-corrected chi connectivity index (χ0v) is 13.3. The molecule has 0 spiro atoms. The minimum absolute atomic E-state index is 0.288. The maximum absolute atomic E-state index is 12.2. The Labute approximate surface area is 132 Å². The van der Waals surface area contributed by atoms with Crippen LogP contribution in [0.15, 0.2) is 18.2 Å². The maximum atomic E-state index is 12.2. The lowest BCUT2D eigenvalue weighted by molar-refractivity contribution is 0.103. The quantitative estimate of drug-likeness (QED) is 0.738. The number of carbonyl (C=O) groups is 1. The Kier molecular flexibility index (Phi) is 3.64. The summed E-state index contributed by atoms with van der Waals surface area (Å²) in [4.78, 5) is 12.7. The van der Waals surface area contributed by atoms with Gasteiger partial charge < -0.3 is 0 Å². The molecule has 1 amide bonds. The molecule has 0 saturated carbocycles. The van der Waals surface area contributed by atoms with Crippen molar-refractivity contribution in [3.8, 4) is 0 Å². The van der Waals surface area contributed by atoms with Crippen molar-refractivity contribution in [3.63, 3.8) is 0 Å². The third-order valence-electron chi connectivity index (χ3n) is 2.54. The number of thiophene rings is 1. The average Bonchev–Trinajstić information content (AvgIpc) is 2.94. The number of nitrogens with one attached hydrogen (secondary N) is 1. The first kappa shape index (κ1) is 13.8. The summed E-state index contributed by atoms with van der Waals surface area (Å²) >= 11 is 14.8. The van der Waals surface area contributed by atoms with Crippen molar-refractivity contribution in [2.24, 2.45) is 0 Å². The number of rotatable bonds is 2. The van der Waals surface area contributed by atoms with Gasteiger partial charge in [0.05, 0.1) is 5.02 Å². The number of nitrogens with zero attached hydrogens (tertiary/aromatic N) is 2. The van der Waals surface area contributed by atoms with E-state index in [-0.39, 0.29) is 5.91 Å². The zero-order valence-electron chi connectivity index (χ0n) is 10.1. The van der Waals surface area contributed by atoms with Crippen molar-refractivity contribution < 1.29 is 4.79 Å². The highest BCUT2D eigenvalue weighted by molar-refractivity contribution is 7.22. The number of fused-ring (bicyclic) bond motifs is 1. The molecule has 0 aliphatic carbocycles. The number of aryl methyl sites for hydroxylation is 1. The molecule has 1 N–H and O–H groups in total. The van der Waals surface area contributed by atoms with E-state index in [4.69, 9.17) is 23.2 Å². The second kappa shape index (κ2) is 5.29. The summed E-state index contributed by atoms with van der Waals surface area (Å²) in [6.45, 7) is 1.82. The molecule has 0 atom stereocenters. The molecule has 0 bridgehead atoms. The highest BCUT2D eigenvalue weighted by Crippen LogP contribution is 2.37. The van der Waals surface area contributed by atoms with Crippen LogP contribution in [0.25, 0.3) is 10.1 Å². The van der Waals surface area contributed by atoms with Crippen molar-refractivity contribution in [2.45, 2.75) is 6.92 Å². The van der Waals surface area contributed by atoms with Gasteiger partial charge in [-0.2, -0.15) is 0 Å². The minimum Gasteiger partial charge on any atom is -0.296 e. The Morgan fingerprint density at radius 3 is 2.75 bits per heavy atom. The van der Waals surface area contributed by atoms with Gasteiger partial charge in [-0.1, -0.05) is 40.6 Å². The third kappa shape index (κ3) is 2.52. The van der Waals surface area contributed by atoms with Gasteiger partial charge >= 0.3 is 0 Å². The van der Waals surface area contributed by atoms with E-state index in [1.54, 1.807) is 12.1 Å². The Hall–Kier alpha value is -1.21. The van der Waals surface area contributed by atoms with E-state index in [1.165, 1.54) is 22.7 Å². The van der Waals surface area contributed by atoms with Crippen LogP contribution in [0.5, 0.6) is 0 Å². The van der Waals surface area contributed by atoms with Crippen LogP contribution in [0, 0.1) is 6.92 Å². The number of hydrogen-bond acceptors (Lipinski definition) is 5. The number of halogens is 2. The van der Waals surface area contributed by atoms with Crippen LogP contribution in [0.2, 0.25) is 10.0 Å². The van der Waals surface area contributed by atoms with Gasteiger partial charge in [-0.3, -0.25) is 10.1 Å². The Balaban J connectivity index is 1.97. The summed E-state index contributed by atoms with van der Waals surface area (Å²) in [6.07, 6.45) is 0. The standard InChI is InChI=1S/C12H7Cl2N3OS2/c1-5-16-17-12(19-5)15-11(18)10-9(14)7-3-2-6(13)4-8(7)20-10/h2-4H,1H3,(H,15,17,18). The number of aromatic nitrogens is 2. The summed E-state index contributed by atoms with van der Waals surface area (Å²) < 4.78 is 0.876. The molecule has 102 valence electrons. The molecule has 0 aliphatic rings. The zero-order chi connectivity index (χ0) is 14.3. The second-order valence-electron chi connectivity index (χ2n) is 3.97. The largest absolute Gasteiger partial charge is 0.296 e. The monoisotopic (exact) mass is 343 g/mol. The van der Waals surface area contributed by atoms with E-state index in [0.29, 0.717) is 20.1 Å². The van der Waals surface area contributed by atoms with E-state index < -0.39 is 0 Å². The number of carbonyl (C=O) groups excluding carboxylic acids is 1. The topological polar surface area (TPSA) is 54.9 Å². The number of amides is 1. The van der Waals surface area contributed by atoms with Crippen LogP contribution in [0.3, 0.4) is 0 Å². The smallest absolute Gasteiger partial charge is 0.269 e. The molecule has 0 radical (unpaired) electrons. The maximum Gasteiger partial charge on any atom is 0.269 e. The molecule has 0 fully saturated rings. The number of anilines is 1. The molecule has 0 unspecified atom stereocenters. The van der Waals surface area contributed by atoms with Gasteiger partial charge in [0, 0.05) is 15.1 Å². The SMILES string of the molecule is Cc1nnc(NC(=O)c2sc3cc(Cl)ccc3c2Cl)s1. The fourth-order valence-corrected chi connectivity index (χ4v) is 3.96. The van der Waals surface area contributed by atoms with Gasteiger partial charge in [0.1, 0.15) is 9.88 Å². The van der Waals surface area contributed by atoms with E-state index >= 15 is 0 Å². The van der Waals surface area contributed by atoms with Gasteiger partial charge in [-0.25, -0.2) is 0 Å². The summed E-state index contributed by atoms with van der Waals surface area (Å²) in [5.74, 6) is -0.288. The summed E-state index contributed by atoms with van der Waals surface area (Å²) in [5, 5.41) is 13.5. The van der Waals surface area contributed by atoms with E-state index in [2.05, 4.69) is 15.5 Å². The van der Waals surface area contributed by atoms with E-state index in [9.17, 15) is 4.79 Å². The molecule has 20 heavy (non-hydrogen) atoms. The van der Waals surface area contributed by atoms with Crippen LogP contribution in [-0.2, 0) is 0 Å². The highest BCUT2D eigenvalue weighted by atomic mass is 35.5. The lowest BCUT2D eigenvalue weighted by atomic mass is 10.2.